The van der Waals surface area contributed by atoms with Crippen molar-refractivity contribution in [2.24, 2.45) is 0 Å². The minimum Gasteiger partial charge on any atom is -0.307 e. The number of aromatic nitrogens is 6. The largest absolute Gasteiger partial charge is 0.307 e. The normalized spacial score (nSPS) is 11.4. The smallest absolute Gasteiger partial charge is 0.191 e. The number of para-hydroxylation sites is 1. The highest BCUT2D eigenvalue weighted by Crippen LogP contribution is 2.33. The highest BCUT2D eigenvalue weighted by Gasteiger charge is 2.18. The second-order valence-corrected chi connectivity index (χ2v) is 8.92. The summed E-state index contributed by atoms with van der Waals surface area (Å²) in [5.74, 6) is 1.59. The highest BCUT2D eigenvalue weighted by atomic mass is 32.2. The second-order valence-electron chi connectivity index (χ2n) is 7.98. The summed E-state index contributed by atoms with van der Waals surface area (Å²) < 4.78 is 4.22. The van der Waals surface area contributed by atoms with Gasteiger partial charge in [-0.05, 0) is 31.2 Å². The zero-order chi connectivity index (χ0) is 22.9. The van der Waals surface area contributed by atoms with Gasteiger partial charge in [0.05, 0.1) is 16.9 Å². The summed E-state index contributed by atoms with van der Waals surface area (Å²) in [6.45, 7) is 2.90. The number of fused-ring (bicyclic) bond motifs is 2. The zero-order valence-electron chi connectivity index (χ0n) is 18.7. The lowest BCUT2D eigenvalue weighted by molar-refractivity contribution is 0.687. The molecule has 0 unspecified atom stereocenters. The molecule has 0 aliphatic carbocycles. The molecule has 2 aromatic carbocycles. The Bertz CT molecular complexity index is 1570. The van der Waals surface area contributed by atoms with Crippen LogP contribution < -0.4 is 0 Å². The molecule has 0 aliphatic heterocycles. The summed E-state index contributed by atoms with van der Waals surface area (Å²) in [6, 6.07) is 26.6. The van der Waals surface area contributed by atoms with Crippen molar-refractivity contribution in [1.82, 2.24) is 29.1 Å². The molecule has 0 amide bonds. The average Bonchev–Trinajstić information content (AvgIpc) is 3.50. The third kappa shape index (κ3) is 3.74. The summed E-state index contributed by atoms with van der Waals surface area (Å²) >= 11 is 1.66. The molecule has 4 aromatic heterocycles. The number of hydrogen-bond donors (Lipinski definition) is 0. The van der Waals surface area contributed by atoms with E-state index in [2.05, 4.69) is 58.2 Å². The van der Waals surface area contributed by atoms with Gasteiger partial charge in [0.1, 0.15) is 5.65 Å². The topological polar surface area (TPSA) is 60.9 Å². The Hall–Kier alpha value is -3.97. The molecular formula is C27H22N6S. The van der Waals surface area contributed by atoms with Crippen molar-refractivity contribution in [3.63, 3.8) is 0 Å². The molecule has 0 saturated heterocycles. The first-order valence-electron chi connectivity index (χ1n) is 11.2. The van der Waals surface area contributed by atoms with Gasteiger partial charge in [-0.1, -0.05) is 66.4 Å². The number of rotatable bonds is 6. The van der Waals surface area contributed by atoms with E-state index in [1.807, 2.05) is 59.1 Å². The maximum atomic E-state index is 4.92. The van der Waals surface area contributed by atoms with Crippen LogP contribution in [0.1, 0.15) is 12.6 Å². The fourth-order valence-electron chi connectivity index (χ4n) is 4.19. The molecule has 0 saturated carbocycles. The highest BCUT2D eigenvalue weighted by molar-refractivity contribution is 7.98. The lowest BCUT2D eigenvalue weighted by atomic mass is 10.0. The molecule has 4 heterocycles. The van der Waals surface area contributed by atoms with Crippen molar-refractivity contribution in [3.05, 3.63) is 97.0 Å². The second kappa shape index (κ2) is 8.76. The van der Waals surface area contributed by atoms with E-state index in [1.165, 1.54) is 0 Å². The van der Waals surface area contributed by atoms with Crippen molar-refractivity contribution in [2.45, 2.75) is 24.4 Å². The van der Waals surface area contributed by atoms with Gasteiger partial charge < -0.3 is 8.97 Å². The standard InChI is InChI=1S/C27H22N6S/c1-2-33-26(30-31-27(33)34-18-20-17-32-15-9-8-14-25(32)28-20)22-16-24(19-10-4-3-5-11-19)29-23-13-7-6-12-21(22)23/h3-17H,2,18H2,1H3. The Balaban J connectivity index is 1.39. The van der Waals surface area contributed by atoms with Crippen LogP contribution in [0.15, 0.2) is 96.4 Å². The van der Waals surface area contributed by atoms with E-state index in [4.69, 9.17) is 9.97 Å². The van der Waals surface area contributed by atoms with Crippen LogP contribution in [-0.4, -0.2) is 29.1 Å². The quantitative estimate of drug-likeness (QED) is 0.279. The lowest BCUT2D eigenvalue weighted by Gasteiger charge is -2.11. The van der Waals surface area contributed by atoms with Gasteiger partial charge >= 0.3 is 0 Å². The Morgan fingerprint density at radius 2 is 1.68 bits per heavy atom. The first-order chi connectivity index (χ1) is 16.8. The fraction of sp³-hybridized carbons (Fsp3) is 0.111. The molecule has 6 aromatic rings. The molecule has 166 valence electrons. The summed E-state index contributed by atoms with van der Waals surface area (Å²) in [5.41, 5.74) is 5.97. The first kappa shape index (κ1) is 20.6. The Labute approximate surface area is 201 Å². The average molecular weight is 463 g/mol. The van der Waals surface area contributed by atoms with Gasteiger partial charge in [0, 0.05) is 41.2 Å². The summed E-state index contributed by atoms with van der Waals surface area (Å²) in [5, 5.41) is 11.2. The molecule has 0 bridgehead atoms. The van der Waals surface area contributed by atoms with Gasteiger partial charge in [0.15, 0.2) is 11.0 Å². The van der Waals surface area contributed by atoms with E-state index < -0.39 is 0 Å². The third-order valence-corrected chi connectivity index (χ3v) is 6.82. The fourth-order valence-corrected chi connectivity index (χ4v) is 5.08. The summed E-state index contributed by atoms with van der Waals surface area (Å²) in [4.78, 5) is 9.63. The third-order valence-electron chi connectivity index (χ3n) is 5.82. The van der Waals surface area contributed by atoms with E-state index >= 15 is 0 Å². The maximum absolute atomic E-state index is 4.92. The van der Waals surface area contributed by atoms with E-state index in [9.17, 15) is 0 Å². The zero-order valence-corrected chi connectivity index (χ0v) is 19.5. The minimum atomic E-state index is 0.728. The van der Waals surface area contributed by atoms with E-state index in [-0.39, 0.29) is 0 Å². The van der Waals surface area contributed by atoms with E-state index in [0.29, 0.717) is 0 Å². The molecule has 0 aliphatic rings. The van der Waals surface area contributed by atoms with Gasteiger partial charge in [-0.25, -0.2) is 9.97 Å². The monoisotopic (exact) mass is 462 g/mol. The predicted molar refractivity (Wildman–Crippen MR) is 137 cm³/mol. The van der Waals surface area contributed by atoms with Crippen LogP contribution >= 0.6 is 11.8 Å². The molecule has 0 radical (unpaired) electrons. The van der Waals surface area contributed by atoms with Gasteiger partial charge in [-0.2, -0.15) is 0 Å². The number of benzene rings is 2. The predicted octanol–water partition coefficient (Wildman–Crippen LogP) is 6.12. The van der Waals surface area contributed by atoms with Crippen LogP contribution in [0.5, 0.6) is 0 Å². The van der Waals surface area contributed by atoms with Gasteiger partial charge in [-0.3, -0.25) is 0 Å². The Kier molecular flexibility index (Phi) is 5.31. The van der Waals surface area contributed by atoms with E-state index in [1.54, 1.807) is 11.8 Å². The van der Waals surface area contributed by atoms with Gasteiger partial charge in [-0.15, -0.1) is 10.2 Å². The molecule has 34 heavy (non-hydrogen) atoms. The summed E-state index contributed by atoms with van der Waals surface area (Å²) in [7, 11) is 0. The lowest BCUT2D eigenvalue weighted by Crippen LogP contribution is -2.01. The first-order valence-corrected chi connectivity index (χ1v) is 12.2. The van der Waals surface area contributed by atoms with Crippen molar-refractivity contribution < 1.29 is 0 Å². The summed E-state index contributed by atoms with van der Waals surface area (Å²) in [6.07, 6.45) is 4.08. The minimum absolute atomic E-state index is 0.728. The Morgan fingerprint density at radius 3 is 2.53 bits per heavy atom. The van der Waals surface area contributed by atoms with Gasteiger partial charge in [0.2, 0.25) is 0 Å². The van der Waals surface area contributed by atoms with Crippen LogP contribution in [0.2, 0.25) is 0 Å². The number of pyridine rings is 2. The van der Waals surface area contributed by atoms with E-state index in [0.717, 1.165) is 62.3 Å². The van der Waals surface area contributed by atoms with Crippen LogP contribution in [-0.2, 0) is 12.3 Å². The van der Waals surface area contributed by atoms with Crippen molar-refractivity contribution in [1.29, 1.82) is 0 Å². The number of imidazole rings is 1. The van der Waals surface area contributed by atoms with Crippen molar-refractivity contribution in [2.75, 3.05) is 0 Å². The number of hydrogen-bond acceptors (Lipinski definition) is 5. The Morgan fingerprint density at radius 1 is 0.853 bits per heavy atom. The molecule has 6 nitrogen and oxygen atoms in total. The SMILES string of the molecule is CCn1c(SCc2cn3ccccc3n2)nnc1-c1cc(-c2ccccc2)nc2ccccc12. The molecule has 0 atom stereocenters. The van der Waals surface area contributed by atoms with Crippen LogP contribution in [0.25, 0.3) is 39.2 Å². The molecular weight excluding hydrogens is 440 g/mol. The van der Waals surface area contributed by atoms with Crippen LogP contribution in [0, 0.1) is 0 Å². The molecule has 7 heteroatoms. The van der Waals surface area contributed by atoms with Crippen molar-refractivity contribution >= 4 is 28.3 Å². The van der Waals surface area contributed by atoms with Crippen molar-refractivity contribution in [3.8, 4) is 22.6 Å². The molecule has 0 N–H and O–H groups in total. The maximum Gasteiger partial charge on any atom is 0.191 e. The molecule has 0 spiro atoms. The van der Waals surface area contributed by atoms with Gasteiger partial charge in [0.25, 0.3) is 0 Å². The number of thioether (sulfide) groups is 1. The number of nitrogens with zero attached hydrogens (tertiary/aromatic N) is 6. The van der Waals surface area contributed by atoms with Crippen LogP contribution in [0.3, 0.4) is 0 Å². The van der Waals surface area contributed by atoms with Crippen LogP contribution in [0.4, 0.5) is 0 Å². The molecule has 6 rings (SSSR count). The molecule has 0 fully saturated rings.